The minimum absolute atomic E-state index is 0.133. The van der Waals surface area contributed by atoms with E-state index in [1.165, 1.54) is 29.2 Å². The normalized spacial score (nSPS) is 18.4. The fourth-order valence-electron chi connectivity index (χ4n) is 5.78. The van der Waals surface area contributed by atoms with Crippen molar-refractivity contribution in [3.05, 3.63) is 95.3 Å². The van der Waals surface area contributed by atoms with E-state index in [0.717, 1.165) is 31.2 Å². The zero-order valence-electron chi connectivity index (χ0n) is 22.4. The van der Waals surface area contributed by atoms with Crippen LogP contribution in [-0.4, -0.2) is 35.2 Å². The van der Waals surface area contributed by atoms with Crippen LogP contribution in [0.2, 0.25) is 0 Å². The maximum absolute atomic E-state index is 13.2. The Bertz CT molecular complexity index is 1670. The maximum atomic E-state index is 13.2. The molecule has 8 heteroatoms. The van der Waals surface area contributed by atoms with E-state index in [0.29, 0.717) is 27.8 Å². The number of hydrogen-bond acceptors (Lipinski definition) is 6. The van der Waals surface area contributed by atoms with Gasteiger partial charge in [-0.15, -0.1) is 0 Å². The predicted octanol–water partition coefficient (Wildman–Crippen LogP) is 6.07. The minimum Gasteiger partial charge on any atom is -0.454 e. The number of benzene rings is 3. The number of ether oxygens (including phenoxy) is 1. The summed E-state index contributed by atoms with van der Waals surface area (Å²) in [6.45, 7) is 1.40. The second-order valence-electron chi connectivity index (χ2n) is 10.6. The van der Waals surface area contributed by atoms with Gasteiger partial charge in [0.05, 0.1) is 34.3 Å². The summed E-state index contributed by atoms with van der Waals surface area (Å²) in [7, 11) is 0. The van der Waals surface area contributed by atoms with Crippen LogP contribution in [0.4, 0.5) is 10.1 Å². The third kappa shape index (κ3) is 5.01. The average molecular weight is 551 g/mol. The molecule has 1 aliphatic heterocycles. The lowest BCUT2D eigenvalue weighted by Gasteiger charge is -2.19. The highest BCUT2D eigenvalue weighted by molar-refractivity contribution is 6.22. The molecule has 1 saturated carbocycles. The Balaban J connectivity index is 1.28. The summed E-state index contributed by atoms with van der Waals surface area (Å²) in [6, 6.07) is 19.2. The molecule has 1 aromatic heterocycles. The third-order valence-corrected chi connectivity index (χ3v) is 7.95. The van der Waals surface area contributed by atoms with Gasteiger partial charge in [-0.25, -0.2) is 14.2 Å². The van der Waals surface area contributed by atoms with Gasteiger partial charge in [0.25, 0.3) is 0 Å². The Morgan fingerprint density at radius 3 is 2.22 bits per heavy atom. The molecule has 6 rings (SSSR count). The summed E-state index contributed by atoms with van der Waals surface area (Å²) in [6.07, 6.45) is 3.42. The number of carbonyl (C=O) groups excluding carboxylic acids is 4. The third-order valence-electron chi connectivity index (χ3n) is 7.95. The second kappa shape index (κ2) is 10.7. The Kier molecular flexibility index (Phi) is 6.91. The number of pyridine rings is 1. The van der Waals surface area contributed by atoms with Crippen LogP contribution in [-0.2, 0) is 14.3 Å². The highest BCUT2D eigenvalue weighted by atomic mass is 19.1. The molecule has 2 atom stereocenters. The van der Waals surface area contributed by atoms with Crippen molar-refractivity contribution in [1.29, 1.82) is 0 Å². The van der Waals surface area contributed by atoms with Gasteiger partial charge in [0.15, 0.2) is 12.4 Å². The molecule has 1 aliphatic carbocycles. The zero-order valence-corrected chi connectivity index (χ0v) is 22.4. The molecule has 4 aromatic rings. The molecule has 7 nitrogen and oxygen atoms in total. The summed E-state index contributed by atoms with van der Waals surface area (Å²) in [5.41, 5.74) is 3.69. The van der Waals surface area contributed by atoms with Crippen molar-refractivity contribution in [1.82, 2.24) is 4.98 Å². The highest BCUT2D eigenvalue weighted by Crippen LogP contribution is 2.40. The van der Waals surface area contributed by atoms with Gasteiger partial charge >= 0.3 is 5.97 Å². The fourth-order valence-corrected chi connectivity index (χ4v) is 5.78. The van der Waals surface area contributed by atoms with Crippen molar-refractivity contribution in [2.75, 3.05) is 11.5 Å². The van der Waals surface area contributed by atoms with Crippen molar-refractivity contribution in [2.45, 2.75) is 32.6 Å². The van der Waals surface area contributed by atoms with E-state index < -0.39 is 24.2 Å². The van der Waals surface area contributed by atoms with E-state index in [-0.39, 0.29) is 34.8 Å². The Morgan fingerprint density at radius 1 is 0.902 bits per heavy atom. The summed E-state index contributed by atoms with van der Waals surface area (Å²) < 4.78 is 18.6. The van der Waals surface area contributed by atoms with Crippen LogP contribution in [0, 0.1) is 24.6 Å². The SMILES string of the molecule is Cc1ccc2nc(-c3ccc(N4C(=O)[C@@H]5CCCC[C@H]5C4=O)cc3)cc(C(=O)OCC(=O)c3ccc(F)cc3)c2c1. The topological polar surface area (TPSA) is 93.6 Å². The largest absolute Gasteiger partial charge is 0.454 e. The van der Waals surface area contributed by atoms with Gasteiger partial charge in [-0.3, -0.25) is 19.3 Å². The maximum Gasteiger partial charge on any atom is 0.339 e. The van der Waals surface area contributed by atoms with Crippen molar-refractivity contribution in [2.24, 2.45) is 11.8 Å². The van der Waals surface area contributed by atoms with Crippen molar-refractivity contribution >= 4 is 40.2 Å². The highest BCUT2D eigenvalue weighted by Gasteiger charge is 2.48. The lowest BCUT2D eigenvalue weighted by molar-refractivity contribution is -0.122. The number of ketones is 1. The van der Waals surface area contributed by atoms with Crippen molar-refractivity contribution in [3.8, 4) is 11.3 Å². The molecule has 0 radical (unpaired) electrons. The van der Waals surface area contributed by atoms with Crippen LogP contribution in [0.25, 0.3) is 22.2 Å². The van der Waals surface area contributed by atoms with Gasteiger partial charge in [0.1, 0.15) is 5.82 Å². The molecule has 41 heavy (non-hydrogen) atoms. The molecule has 1 saturated heterocycles. The Labute approximate surface area is 235 Å². The molecule has 3 aromatic carbocycles. The fraction of sp³-hybridized carbons (Fsp3) is 0.242. The first-order chi connectivity index (χ1) is 19.8. The van der Waals surface area contributed by atoms with Crippen LogP contribution in [0.1, 0.15) is 52.0 Å². The molecule has 0 N–H and O–H groups in total. The smallest absolute Gasteiger partial charge is 0.339 e. The van der Waals surface area contributed by atoms with Gasteiger partial charge in [-0.2, -0.15) is 0 Å². The van der Waals surface area contributed by atoms with Gasteiger partial charge in [-0.05, 0) is 74.4 Å². The van der Waals surface area contributed by atoms with Gasteiger partial charge in [0, 0.05) is 16.5 Å². The van der Waals surface area contributed by atoms with Gasteiger partial charge < -0.3 is 4.74 Å². The number of imide groups is 1. The molecule has 2 fully saturated rings. The van der Waals surface area contributed by atoms with Crippen molar-refractivity contribution in [3.63, 3.8) is 0 Å². The van der Waals surface area contributed by atoms with E-state index in [2.05, 4.69) is 0 Å². The molecule has 0 spiro atoms. The summed E-state index contributed by atoms with van der Waals surface area (Å²) in [4.78, 5) is 57.8. The van der Waals surface area contributed by atoms with E-state index in [1.807, 2.05) is 25.1 Å². The summed E-state index contributed by atoms with van der Waals surface area (Å²) in [5, 5.41) is 0.584. The minimum atomic E-state index is -0.688. The van der Waals surface area contributed by atoms with Crippen molar-refractivity contribution < 1.29 is 28.3 Å². The van der Waals surface area contributed by atoms with Crippen LogP contribution in [0.3, 0.4) is 0 Å². The molecule has 0 unspecified atom stereocenters. The van der Waals surface area contributed by atoms with Crippen LogP contribution in [0.15, 0.2) is 72.8 Å². The van der Waals surface area contributed by atoms with E-state index in [1.54, 1.807) is 30.3 Å². The molecule has 2 heterocycles. The number of halogens is 1. The lowest BCUT2D eigenvalue weighted by Crippen LogP contribution is -2.30. The number of esters is 1. The number of aryl methyl sites for hydroxylation is 1. The lowest BCUT2D eigenvalue weighted by atomic mass is 9.81. The molecular formula is C33H27FN2O5. The standard InChI is InChI=1S/C33H27FN2O5/c1-19-6-15-28-26(16-19)27(33(40)41-18-30(37)21-7-11-22(34)12-8-21)17-29(35-28)20-9-13-23(14-10-20)36-31(38)24-4-2-3-5-25(24)32(36)39/h6-17,24-25H,2-5,18H2,1H3/t24-,25-/m1/s1. The predicted molar refractivity (Wildman–Crippen MR) is 151 cm³/mol. The number of fused-ring (bicyclic) bond motifs is 2. The number of hydrogen-bond donors (Lipinski definition) is 0. The van der Waals surface area contributed by atoms with Gasteiger partial charge in [0.2, 0.25) is 11.8 Å². The number of carbonyl (C=O) groups is 4. The quantitative estimate of drug-likeness (QED) is 0.164. The molecule has 2 amide bonds. The van der Waals surface area contributed by atoms with E-state index in [9.17, 15) is 23.6 Å². The van der Waals surface area contributed by atoms with E-state index >= 15 is 0 Å². The first kappa shape index (κ1) is 26.5. The monoisotopic (exact) mass is 550 g/mol. The Morgan fingerprint density at radius 2 is 1.56 bits per heavy atom. The first-order valence-corrected chi connectivity index (χ1v) is 13.7. The molecule has 206 valence electrons. The number of anilines is 1. The van der Waals surface area contributed by atoms with Gasteiger partial charge in [-0.1, -0.05) is 36.6 Å². The number of Topliss-reactive ketones (excluding diaryl/α,β-unsaturated/α-hetero) is 1. The number of aromatic nitrogens is 1. The van der Waals surface area contributed by atoms with Crippen LogP contribution < -0.4 is 4.90 Å². The summed E-state index contributed by atoms with van der Waals surface area (Å²) >= 11 is 0. The second-order valence-corrected chi connectivity index (χ2v) is 10.6. The number of rotatable bonds is 6. The molecule has 0 bridgehead atoms. The summed E-state index contributed by atoms with van der Waals surface area (Å²) in [5.74, 6) is -2.33. The number of amides is 2. The number of nitrogens with zero attached hydrogens (tertiary/aromatic N) is 2. The van der Waals surface area contributed by atoms with E-state index in [4.69, 9.17) is 9.72 Å². The molecule has 2 aliphatic rings. The Hall–Kier alpha value is -4.72. The molecular weight excluding hydrogens is 523 g/mol. The average Bonchev–Trinajstić information content (AvgIpc) is 3.25. The van der Waals surface area contributed by atoms with Crippen LogP contribution >= 0.6 is 0 Å². The first-order valence-electron chi connectivity index (χ1n) is 13.7. The van der Waals surface area contributed by atoms with Crippen LogP contribution in [0.5, 0.6) is 0 Å². The zero-order chi connectivity index (χ0) is 28.7.